The monoisotopic (exact) mass is 431 g/mol. The van der Waals surface area contributed by atoms with Gasteiger partial charge in [-0.2, -0.15) is 4.31 Å². The van der Waals surface area contributed by atoms with Crippen molar-refractivity contribution in [3.05, 3.63) is 54.6 Å². The molecule has 0 saturated carbocycles. The molecule has 0 bridgehead atoms. The second-order valence-electron chi connectivity index (χ2n) is 7.63. The first kappa shape index (κ1) is 21.1. The zero-order chi connectivity index (χ0) is 20.8. The fourth-order valence-corrected chi connectivity index (χ4v) is 5.27. The molecule has 7 nitrogen and oxygen atoms in total. The molecule has 2 aliphatic heterocycles. The number of para-hydroxylation sites is 1. The highest BCUT2D eigenvalue weighted by Crippen LogP contribution is 2.21. The zero-order valence-corrected chi connectivity index (χ0v) is 17.9. The molecule has 2 aromatic rings. The minimum atomic E-state index is -3.46. The summed E-state index contributed by atoms with van der Waals surface area (Å²) in [7, 11) is -3.46. The van der Waals surface area contributed by atoms with Crippen molar-refractivity contribution >= 4 is 15.7 Å². The maximum absolute atomic E-state index is 12.7. The summed E-state index contributed by atoms with van der Waals surface area (Å²) >= 11 is 0. The number of likely N-dealkylation sites (tertiary alicyclic amines) is 1. The minimum Gasteiger partial charge on any atom is -0.492 e. The number of morpholine rings is 1. The van der Waals surface area contributed by atoms with E-state index in [0.29, 0.717) is 49.6 Å². The van der Waals surface area contributed by atoms with Crippen LogP contribution in [-0.4, -0.2) is 76.2 Å². The van der Waals surface area contributed by atoms with Gasteiger partial charge in [-0.15, -0.1) is 0 Å². The Morgan fingerprint density at radius 3 is 2.47 bits per heavy atom. The van der Waals surface area contributed by atoms with Gasteiger partial charge in [0.05, 0.1) is 18.1 Å². The highest BCUT2D eigenvalue weighted by Gasteiger charge is 2.26. The molecule has 30 heavy (non-hydrogen) atoms. The van der Waals surface area contributed by atoms with Crippen molar-refractivity contribution in [1.82, 2.24) is 9.21 Å². The first-order valence-corrected chi connectivity index (χ1v) is 11.9. The Morgan fingerprint density at radius 2 is 1.73 bits per heavy atom. The van der Waals surface area contributed by atoms with E-state index in [9.17, 15) is 8.42 Å². The van der Waals surface area contributed by atoms with Crippen molar-refractivity contribution in [2.24, 2.45) is 0 Å². The quantitative estimate of drug-likeness (QED) is 0.692. The predicted octanol–water partition coefficient (Wildman–Crippen LogP) is 2.27. The molecule has 0 amide bonds. The molecule has 2 aliphatic rings. The normalized spacial score (nSPS) is 20.9. The van der Waals surface area contributed by atoms with Crippen molar-refractivity contribution in [3.63, 3.8) is 0 Å². The maximum atomic E-state index is 12.7. The van der Waals surface area contributed by atoms with Gasteiger partial charge in [0.1, 0.15) is 12.4 Å². The van der Waals surface area contributed by atoms with E-state index in [4.69, 9.17) is 9.47 Å². The van der Waals surface area contributed by atoms with Crippen molar-refractivity contribution < 1.29 is 17.9 Å². The molecule has 1 N–H and O–H groups in total. The molecule has 2 aromatic carbocycles. The molecule has 0 radical (unpaired) electrons. The lowest BCUT2D eigenvalue weighted by Gasteiger charge is -2.26. The Hall–Kier alpha value is -2.13. The second-order valence-corrected chi connectivity index (χ2v) is 9.57. The van der Waals surface area contributed by atoms with Gasteiger partial charge in [-0.3, -0.25) is 4.90 Å². The van der Waals surface area contributed by atoms with Crippen LogP contribution in [-0.2, 0) is 14.8 Å². The van der Waals surface area contributed by atoms with Crippen LogP contribution in [0.2, 0.25) is 0 Å². The van der Waals surface area contributed by atoms with Gasteiger partial charge >= 0.3 is 0 Å². The summed E-state index contributed by atoms with van der Waals surface area (Å²) in [6.07, 6.45) is 1.11. The van der Waals surface area contributed by atoms with Crippen LogP contribution in [0.1, 0.15) is 6.42 Å². The van der Waals surface area contributed by atoms with Crippen LogP contribution in [0.15, 0.2) is 59.5 Å². The Balaban J connectivity index is 1.22. The van der Waals surface area contributed by atoms with Crippen LogP contribution in [0.3, 0.4) is 0 Å². The van der Waals surface area contributed by atoms with E-state index in [-0.39, 0.29) is 0 Å². The number of rotatable bonds is 8. The minimum absolute atomic E-state index is 0.297. The predicted molar refractivity (Wildman–Crippen MR) is 116 cm³/mol. The number of nitrogens with one attached hydrogen (secondary N) is 1. The van der Waals surface area contributed by atoms with Crippen LogP contribution in [0, 0.1) is 0 Å². The lowest BCUT2D eigenvalue weighted by molar-refractivity contribution is 0.0730. The average Bonchev–Trinajstić information content (AvgIpc) is 3.22. The zero-order valence-electron chi connectivity index (χ0n) is 17.1. The first-order chi connectivity index (χ1) is 14.6. The van der Waals surface area contributed by atoms with Crippen LogP contribution < -0.4 is 10.1 Å². The van der Waals surface area contributed by atoms with Crippen LogP contribution >= 0.6 is 0 Å². The number of benzene rings is 2. The third-order valence-electron chi connectivity index (χ3n) is 5.52. The number of nitrogens with zero attached hydrogens (tertiary/aromatic N) is 2. The molecule has 1 unspecified atom stereocenters. The Kier molecular flexibility index (Phi) is 6.89. The number of ether oxygens (including phenoxy) is 2. The lowest BCUT2D eigenvalue weighted by atomic mass is 10.2. The summed E-state index contributed by atoms with van der Waals surface area (Å²) in [6, 6.07) is 17.5. The van der Waals surface area contributed by atoms with Gasteiger partial charge in [-0.05, 0) is 42.8 Å². The first-order valence-electron chi connectivity index (χ1n) is 10.5. The van der Waals surface area contributed by atoms with E-state index in [1.807, 2.05) is 18.2 Å². The maximum Gasteiger partial charge on any atom is 0.243 e. The summed E-state index contributed by atoms with van der Waals surface area (Å²) in [5.41, 5.74) is 1.16. The fourth-order valence-electron chi connectivity index (χ4n) is 3.86. The Labute approximate surface area is 178 Å². The summed E-state index contributed by atoms with van der Waals surface area (Å²) < 4.78 is 37.9. The lowest BCUT2D eigenvalue weighted by Crippen LogP contribution is -2.40. The second kappa shape index (κ2) is 9.78. The van der Waals surface area contributed by atoms with E-state index in [0.717, 1.165) is 31.7 Å². The molecule has 0 aromatic heterocycles. The summed E-state index contributed by atoms with van der Waals surface area (Å²) in [5.74, 6) is 0.689. The highest BCUT2D eigenvalue weighted by molar-refractivity contribution is 7.89. The van der Waals surface area contributed by atoms with Crippen molar-refractivity contribution in [3.8, 4) is 5.75 Å². The van der Waals surface area contributed by atoms with Gasteiger partial charge in [-0.1, -0.05) is 18.2 Å². The van der Waals surface area contributed by atoms with Gasteiger partial charge in [0.2, 0.25) is 10.0 Å². The largest absolute Gasteiger partial charge is 0.492 e. The smallest absolute Gasteiger partial charge is 0.243 e. The van der Waals surface area contributed by atoms with E-state index in [1.165, 1.54) is 4.31 Å². The summed E-state index contributed by atoms with van der Waals surface area (Å²) in [5, 5.41) is 3.58. The molecule has 1 atom stereocenters. The molecule has 162 valence electrons. The fraction of sp³-hybridized carbons (Fsp3) is 0.455. The van der Waals surface area contributed by atoms with Crippen molar-refractivity contribution in [2.45, 2.75) is 17.4 Å². The van der Waals surface area contributed by atoms with Crippen molar-refractivity contribution in [2.75, 3.05) is 57.9 Å². The molecule has 2 fully saturated rings. The molecule has 0 spiro atoms. The molecule has 2 heterocycles. The number of sulfonamides is 1. The van der Waals surface area contributed by atoms with E-state index >= 15 is 0 Å². The molecule has 4 rings (SSSR count). The summed E-state index contributed by atoms with van der Waals surface area (Å²) in [6.45, 7) is 5.15. The number of anilines is 1. The van der Waals surface area contributed by atoms with Gasteiger partial charge in [0, 0.05) is 44.5 Å². The third-order valence-corrected chi connectivity index (χ3v) is 7.44. The topological polar surface area (TPSA) is 71.1 Å². The van der Waals surface area contributed by atoms with Gasteiger partial charge in [0.15, 0.2) is 0 Å². The molecule has 8 heteroatoms. The van der Waals surface area contributed by atoms with E-state index < -0.39 is 10.0 Å². The van der Waals surface area contributed by atoms with E-state index in [1.54, 1.807) is 24.3 Å². The van der Waals surface area contributed by atoms with E-state index in [2.05, 4.69) is 22.3 Å². The third kappa shape index (κ3) is 5.31. The van der Waals surface area contributed by atoms with Crippen LogP contribution in [0.5, 0.6) is 5.75 Å². The molecule has 2 saturated heterocycles. The van der Waals surface area contributed by atoms with Crippen LogP contribution in [0.25, 0.3) is 0 Å². The van der Waals surface area contributed by atoms with Crippen LogP contribution in [0.4, 0.5) is 5.69 Å². The average molecular weight is 432 g/mol. The van der Waals surface area contributed by atoms with Gasteiger partial charge < -0.3 is 14.8 Å². The SMILES string of the molecule is O=S(=O)(c1ccc(OCCN2CCC(Nc3ccccc3)C2)cc1)N1CCOCC1. The molecule has 0 aliphatic carbocycles. The van der Waals surface area contributed by atoms with Gasteiger partial charge in [-0.25, -0.2) is 8.42 Å². The van der Waals surface area contributed by atoms with Gasteiger partial charge in [0.25, 0.3) is 0 Å². The standard InChI is InChI=1S/C22H29N3O4S/c26-30(27,25-13-15-28-16-14-25)22-8-6-21(7-9-22)29-17-12-24-11-10-20(18-24)23-19-4-2-1-3-5-19/h1-9,20,23H,10-18H2. The highest BCUT2D eigenvalue weighted by atomic mass is 32.2. The summed E-state index contributed by atoms with van der Waals surface area (Å²) in [4.78, 5) is 2.68. The Bertz CT molecular complexity index is 900. The van der Waals surface area contributed by atoms with Crippen molar-refractivity contribution in [1.29, 1.82) is 0 Å². The molecular formula is C22H29N3O4S. The molecular weight excluding hydrogens is 402 g/mol. The number of hydrogen-bond donors (Lipinski definition) is 1. The number of hydrogen-bond acceptors (Lipinski definition) is 6. The Morgan fingerprint density at radius 1 is 1.00 bits per heavy atom.